The van der Waals surface area contributed by atoms with Crippen LogP contribution in [0.2, 0.25) is 5.02 Å². The Morgan fingerprint density at radius 3 is 2.62 bits per heavy atom. The summed E-state index contributed by atoms with van der Waals surface area (Å²) < 4.78 is 62.8. The molecule has 0 amide bonds. The Morgan fingerprint density at radius 1 is 1.11 bits per heavy atom. The molecular weight excluding hydrogens is 768 g/mol. The Labute approximate surface area is 331 Å². The quantitative estimate of drug-likeness (QED) is 0.0556. The zero-order valence-electron chi connectivity index (χ0n) is 31.6. The number of nitrogens with zero attached hydrogens (tertiary/aromatic N) is 3. The predicted octanol–water partition coefficient (Wildman–Crippen LogP) is 7.71. The van der Waals surface area contributed by atoms with Gasteiger partial charge in [-0.25, -0.2) is 22.3 Å². The molecule has 2 atom stereocenters. The van der Waals surface area contributed by atoms with Gasteiger partial charge in [0.05, 0.1) is 54.5 Å². The Morgan fingerprint density at radius 2 is 1.87 bits per heavy atom. The topological polar surface area (TPSA) is 128 Å². The molecule has 0 radical (unpaired) electrons. The first-order valence-corrected chi connectivity index (χ1v) is 21.1. The van der Waals surface area contributed by atoms with Crippen LogP contribution in [-0.4, -0.2) is 91.2 Å². The second-order valence-corrected chi connectivity index (χ2v) is 16.9. The highest BCUT2D eigenvalue weighted by Crippen LogP contribution is 2.42. The van der Waals surface area contributed by atoms with Gasteiger partial charge in [-0.2, -0.15) is 5.10 Å². The van der Waals surface area contributed by atoms with Crippen LogP contribution in [0, 0.1) is 12.7 Å². The van der Waals surface area contributed by atoms with Crippen LogP contribution in [0.15, 0.2) is 48.5 Å². The summed E-state index contributed by atoms with van der Waals surface area (Å²) in [6.45, 7) is 9.31. The standard InChI is InChI=1S/C40H48Cl2FN5O6S/c1-5-53-40(49)38-30(9-7-20-54-34-10-6-8-27-24-28(43)11-12-29(27)34)31-13-14-32(42)36(37(31)44-38)35-26(3)47(4)45-39(35)33(15-17-48-18-21-52-22-19-48)46-55(50,51)23-16-25(2)41/h6,8,10-14,24-25,33,44,46H,5,7,9,15-23H2,1-4H3. The number of nitrogens with one attached hydrogen (secondary N) is 2. The maximum Gasteiger partial charge on any atom is 0.355 e. The molecule has 1 fully saturated rings. The number of sulfonamides is 1. The van der Waals surface area contributed by atoms with E-state index in [2.05, 4.69) is 14.6 Å². The summed E-state index contributed by atoms with van der Waals surface area (Å²) in [5.41, 5.74) is 4.26. The monoisotopic (exact) mass is 815 g/mol. The van der Waals surface area contributed by atoms with E-state index in [0.717, 1.165) is 40.5 Å². The van der Waals surface area contributed by atoms with Crippen molar-refractivity contribution in [3.63, 3.8) is 0 Å². The van der Waals surface area contributed by atoms with E-state index < -0.39 is 22.0 Å². The normalized spacial score (nSPS) is 15.1. The molecule has 11 nitrogen and oxygen atoms in total. The molecule has 1 aliphatic heterocycles. The lowest BCUT2D eigenvalue weighted by Gasteiger charge is -2.28. The Bertz CT molecular complexity index is 2250. The molecule has 0 spiro atoms. The highest BCUT2D eigenvalue weighted by molar-refractivity contribution is 7.89. The number of H-pyrrole nitrogens is 1. The maximum absolute atomic E-state index is 13.9. The minimum absolute atomic E-state index is 0.130. The van der Waals surface area contributed by atoms with E-state index >= 15 is 0 Å². The molecule has 5 aromatic rings. The van der Waals surface area contributed by atoms with Gasteiger partial charge < -0.3 is 19.2 Å². The van der Waals surface area contributed by atoms with E-state index in [1.54, 1.807) is 30.7 Å². The fraction of sp³-hybridized carbons (Fsp3) is 0.450. The summed E-state index contributed by atoms with van der Waals surface area (Å²) in [4.78, 5) is 19.1. The number of benzene rings is 3. The van der Waals surface area contributed by atoms with E-state index in [1.165, 1.54) is 12.1 Å². The minimum atomic E-state index is -3.76. The molecule has 0 bridgehead atoms. The first kappa shape index (κ1) is 40.9. The van der Waals surface area contributed by atoms with Crippen LogP contribution in [-0.2, 0) is 33.0 Å². The third-order valence-electron chi connectivity index (χ3n) is 10.0. The summed E-state index contributed by atoms with van der Waals surface area (Å²) >= 11 is 13.2. The van der Waals surface area contributed by atoms with Crippen LogP contribution in [0.3, 0.4) is 0 Å². The van der Waals surface area contributed by atoms with Crippen molar-refractivity contribution in [2.75, 3.05) is 51.8 Å². The van der Waals surface area contributed by atoms with Crippen molar-refractivity contribution < 1.29 is 31.8 Å². The van der Waals surface area contributed by atoms with Crippen LogP contribution in [0.1, 0.15) is 66.6 Å². The van der Waals surface area contributed by atoms with Gasteiger partial charge in [0, 0.05) is 59.7 Å². The number of fused-ring (bicyclic) bond motifs is 2. The maximum atomic E-state index is 13.9. The van der Waals surface area contributed by atoms with E-state index in [9.17, 15) is 17.6 Å². The summed E-state index contributed by atoms with van der Waals surface area (Å²) in [6.07, 6.45) is 1.76. The number of carbonyl (C=O) groups is 1. The molecule has 6 rings (SSSR count). The SMILES string of the molecule is CCOC(=O)c1[nH]c2c(-c3c(C(CCN4CCOCC4)NS(=O)(=O)CCC(C)Cl)nn(C)c3C)c(Cl)ccc2c1CCCOc1cccc2cc(F)ccc12. The molecule has 296 valence electrons. The summed E-state index contributed by atoms with van der Waals surface area (Å²) in [7, 11) is -1.94. The molecule has 0 aliphatic carbocycles. The lowest BCUT2D eigenvalue weighted by molar-refractivity contribution is 0.0364. The summed E-state index contributed by atoms with van der Waals surface area (Å²) in [5.74, 6) is -0.299. The van der Waals surface area contributed by atoms with E-state index in [-0.39, 0.29) is 23.6 Å². The minimum Gasteiger partial charge on any atom is -0.493 e. The first-order valence-electron chi connectivity index (χ1n) is 18.7. The number of esters is 1. The average molecular weight is 817 g/mol. The number of alkyl halides is 1. The Kier molecular flexibility index (Phi) is 13.4. The van der Waals surface area contributed by atoms with Gasteiger partial charge in [0.1, 0.15) is 17.3 Å². The number of aromatic amines is 1. The summed E-state index contributed by atoms with van der Waals surface area (Å²) in [5, 5.41) is 7.34. The number of halogens is 3. The van der Waals surface area contributed by atoms with Crippen molar-refractivity contribution in [2.24, 2.45) is 7.05 Å². The number of carbonyl (C=O) groups excluding carboxylic acids is 1. The van der Waals surface area contributed by atoms with Crippen molar-refractivity contribution in [3.05, 3.63) is 82.0 Å². The zero-order chi connectivity index (χ0) is 39.3. The second kappa shape index (κ2) is 18.0. The first-order chi connectivity index (χ1) is 26.4. The Balaban J connectivity index is 1.37. The van der Waals surface area contributed by atoms with Crippen molar-refractivity contribution in [2.45, 2.75) is 57.9 Å². The number of aryl methyl sites for hydroxylation is 2. The zero-order valence-corrected chi connectivity index (χ0v) is 33.9. The average Bonchev–Trinajstić information content (AvgIpc) is 3.67. The van der Waals surface area contributed by atoms with Gasteiger partial charge in [0.2, 0.25) is 10.0 Å². The highest BCUT2D eigenvalue weighted by Gasteiger charge is 2.31. The number of aromatic nitrogens is 3. The highest BCUT2D eigenvalue weighted by atomic mass is 35.5. The van der Waals surface area contributed by atoms with Gasteiger partial charge in [0.25, 0.3) is 0 Å². The number of hydrogen-bond acceptors (Lipinski definition) is 8. The third kappa shape index (κ3) is 9.64. The van der Waals surface area contributed by atoms with E-state index in [1.807, 2.05) is 38.2 Å². The molecule has 55 heavy (non-hydrogen) atoms. The van der Waals surface area contributed by atoms with E-state index in [0.29, 0.717) is 90.9 Å². The fourth-order valence-corrected chi connectivity index (χ4v) is 9.06. The molecule has 0 saturated carbocycles. The van der Waals surface area contributed by atoms with Gasteiger partial charge in [-0.15, -0.1) is 11.6 Å². The Hall–Kier alpha value is -3.72. The van der Waals surface area contributed by atoms with Crippen molar-refractivity contribution in [1.29, 1.82) is 0 Å². The molecule has 3 heterocycles. The van der Waals surface area contributed by atoms with Crippen LogP contribution in [0.5, 0.6) is 5.75 Å². The van der Waals surface area contributed by atoms with Crippen molar-refractivity contribution >= 4 is 60.9 Å². The molecular formula is C40H48Cl2FN5O6S. The molecule has 2 aromatic heterocycles. The van der Waals surface area contributed by atoms with Crippen LogP contribution in [0.25, 0.3) is 32.8 Å². The lowest BCUT2D eigenvalue weighted by Crippen LogP contribution is -2.39. The van der Waals surface area contributed by atoms with Crippen LogP contribution < -0.4 is 9.46 Å². The number of rotatable bonds is 17. The summed E-state index contributed by atoms with van der Waals surface area (Å²) in [6, 6.07) is 13.1. The van der Waals surface area contributed by atoms with Crippen LogP contribution in [0.4, 0.5) is 4.39 Å². The fourth-order valence-electron chi connectivity index (χ4n) is 7.12. The number of morpholine rings is 1. The number of hydrogen-bond donors (Lipinski definition) is 2. The van der Waals surface area contributed by atoms with Gasteiger partial charge >= 0.3 is 5.97 Å². The third-order valence-corrected chi connectivity index (χ3v) is 12.0. The molecule has 3 aromatic carbocycles. The van der Waals surface area contributed by atoms with Gasteiger partial charge in [-0.05, 0) is 87.7 Å². The molecule has 15 heteroatoms. The smallest absolute Gasteiger partial charge is 0.355 e. The molecule has 2 unspecified atom stereocenters. The van der Waals surface area contributed by atoms with Gasteiger partial charge in [-0.3, -0.25) is 9.58 Å². The van der Waals surface area contributed by atoms with E-state index in [4.69, 9.17) is 42.5 Å². The van der Waals surface area contributed by atoms with Gasteiger partial charge in [0.15, 0.2) is 0 Å². The second-order valence-electron chi connectivity index (χ2n) is 13.9. The van der Waals surface area contributed by atoms with Gasteiger partial charge in [-0.1, -0.05) is 29.8 Å². The molecule has 1 aliphatic rings. The lowest BCUT2D eigenvalue weighted by atomic mass is 9.95. The molecule has 1 saturated heterocycles. The van der Waals surface area contributed by atoms with Crippen molar-refractivity contribution in [1.82, 2.24) is 24.4 Å². The number of ether oxygens (including phenoxy) is 3. The predicted molar refractivity (Wildman–Crippen MR) is 215 cm³/mol. The van der Waals surface area contributed by atoms with Crippen LogP contribution >= 0.6 is 23.2 Å². The molecule has 2 N–H and O–H groups in total. The largest absolute Gasteiger partial charge is 0.493 e. The van der Waals surface area contributed by atoms with Crippen molar-refractivity contribution in [3.8, 4) is 16.9 Å².